The summed E-state index contributed by atoms with van der Waals surface area (Å²) in [5, 5.41) is 0. The van der Waals surface area contributed by atoms with Gasteiger partial charge in [0, 0.05) is 5.69 Å². The molecule has 0 bridgehead atoms. The molecule has 0 spiro atoms. The van der Waals surface area contributed by atoms with Crippen LogP contribution in [0.3, 0.4) is 0 Å². The Kier molecular flexibility index (Phi) is 3.34. The van der Waals surface area contributed by atoms with Gasteiger partial charge in [0.05, 0.1) is 12.1 Å². The van der Waals surface area contributed by atoms with Gasteiger partial charge in [-0.3, -0.25) is 9.69 Å². The van der Waals surface area contributed by atoms with Gasteiger partial charge in [-0.25, -0.2) is 4.39 Å². The number of fused-ring (bicyclic) bond motifs is 1. The first-order valence-corrected chi connectivity index (χ1v) is 5.42. The molecule has 0 aliphatic carbocycles. The first-order valence-electron chi connectivity index (χ1n) is 5.42. The van der Waals surface area contributed by atoms with Crippen molar-refractivity contribution in [3.05, 3.63) is 59.9 Å². The van der Waals surface area contributed by atoms with E-state index in [2.05, 4.69) is 0 Å². The molecular weight excluding hydrogens is 253 g/mol. The molecule has 2 aromatic carbocycles. The van der Waals surface area contributed by atoms with Gasteiger partial charge < -0.3 is 0 Å². The summed E-state index contributed by atoms with van der Waals surface area (Å²) in [5.74, 6) is -0.272. The van der Waals surface area contributed by atoms with Crippen molar-refractivity contribution in [2.24, 2.45) is 0 Å². The molecule has 0 unspecified atom stereocenters. The minimum absolute atomic E-state index is 0. The van der Waals surface area contributed by atoms with Crippen molar-refractivity contribution in [1.82, 2.24) is 0 Å². The summed E-state index contributed by atoms with van der Waals surface area (Å²) in [7, 11) is 0. The van der Waals surface area contributed by atoms with Crippen molar-refractivity contribution < 1.29 is 9.18 Å². The molecule has 18 heavy (non-hydrogen) atoms. The molecule has 2 nitrogen and oxygen atoms in total. The van der Waals surface area contributed by atoms with E-state index >= 15 is 0 Å². The number of benzene rings is 2. The first-order chi connectivity index (χ1) is 8.25. The van der Waals surface area contributed by atoms with Crippen LogP contribution in [-0.4, -0.2) is 5.91 Å². The lowest BCUT2D eigenvalue weighted by Crippen LogP contribution is -2.20. The summed E-state index contributed by atoms with van der Waals surface area (Å²) in [5.41, 5.74) is 2.62. The Bertz CT molecular complexity index is 583. The maximum Gasteiger partial charge on any atom is 0.236 e. The Morgan fingerprint density at radius 2 is 1.67 bits per heavy atom. The van der Waals surface area contributed by atoms with E-state index < -0.39 is 0 Å². The Hall–Kier alpha value is -1.87. The van der Waals surface area contributed by atoms with Gasteiger partial charge in [-0.05, 0) is 35.9 Å². The second-order valence-corrected chi connectivity index (χ2v) is 4.01. The maximum absolute atomic E-state index is 12.9. The van der Waals surface area contributed by atoms with Gasteiger partial charge in [0.1, 0.15) is 5.82 Å². The lowest BCUT2D eigenvalue weighted by molar-refractivity contribution is -0.116. The molecular formula is C14H11ClFNO. The van der Waals surface area contributed by atoms with Gasteiger partial charge in [0.25, 0.3) is 0 Å². The van der Waals surface area contributed by atoms with Crippen LogP contribution in [-0.2, 0) is 11.2 Å². The van der Waals surface area contributed by atoms with E-state index in [4.69, 9.17) is 0 Å². The van der Waals surface area contributed by atoms with Gasteiger partial charge >= 0.3 is 0 Å². The minimum Gasteiger partial charge on any atom is -0.280 e. The average molecular weight is 264 g/mol. The molecule has 0 radical (unpaired) electrons. The van der Waals surface area contributed by atoms with Crippen LogP contribution in [0.25, 0.3) is 0 Å². The first kappa shape index (κ1) is 12.6. The standard InChI is InChI=1S/C14H10FNO.ClH/c15-11-5-7-12(8-6-11)16-13-4-2-1-3-10(13)9-14(16)17;/h1-8H,9H2;1H. The molecule has 0 aromatic heterocycles. The summed E-state index contributed by atoms with van der Waals surface area (Å²) in [6, 6.07) is 13.6. The second-order valence-electron chi connectivity index (χ2n) is 4.01. The van der Waals surface area contributed by atoms with Crippen molar-refractivity contribution in [2.75, 3.05) is 4.90 Å². The molecule has 92 valence electrons. The fourth-order valence-electron chi connectivity index (χ4n) is 2.13. The second kappa shape index (κ2) is 4.78. The van der Waals surface area contributed by atoms with Crippen molar-refractivity contribution in [3.63, 3.8) is 0 Å². The van der Waals surface area contributed by atoms with Crippen molar-refractivity contribution in [3.8, 4) is 0 Å². The third-order valence-electron chi connectivity index (χ3n) is 2.91. The smallest absolute Gasteiger partial charge is 0.236 e. The molecule has 1 heterocycles. The van der Waals surface area contributed by atoms with Crippen molar-refractivity contribution >= 4 is 29.7 Å². The molecule has 2 aromatic rings. The number of amides is 1. The highest BCUT2D eigenvalue weighted by Gasteiger charge is 2.27. The van der Waals surface area contributed by atoms with Crippen LogP contribution < -0.4 is 4.90 Å². The molecule has 0 saturated carbocycles. The molecule has 4 heteroatoms. The number of para-hydroxylation sites is 1. The highest BCUT2D eigenvalue weighted by molar-refractivity contribution is 6.07. The van der Waals surface area contributed by atoms with Crippen LogP contribution in [0.1, 0.15) is 5.56 Å². The summed E-state index contributed by atoms with van der Waals surface area (Å²) in [6.07, 6.45) is 0.410. The highest BCUT2D eigenvalue weighted by atomic mass is 35.5. The van der Waals surface area contributed by atoms with E-state index in [0.29, 0.717) is 12.1 Å². The van der Waals surface area contributed by atoms with Crippen LogP contribution >= 0.6 is 12.4 Å². The fraction of sp³-hybridized carbons (Fsp3) is 0.0714. The lowest BCUT2D eigenvalue weighted by atomic mass is 10.2. The van der Waals surface area contributed by atoms with Crippen LogP contribution in [0, 0.1) is 5.82 Å². The van der Waals surface area contributed by atoms with Gasteiger partial charge in [0.15, 0.2) is 0 Å². The molecule has 0 atom stereocenters. The van der Waals surface area contributed by atoms with E-state index in [-0.39, 0.29) is 24.1 Å². The Balaban J connectivity index is 0.00000120. The molecule has 0 fully saturated rings. The topological polar surface area (TPSA) is 20.3 Å². The van der Waals surface area contributed by atoms with E-state index in [1.54, 1.807) is 17.0 Å². The Morgan fingerprint density at radius 1 is 1.00 bits per heavy atom. The van der Waals surface area contributed by atoms with Gasteiger partial charge in [-0.1, -0.05) is 18.2 Å². The number of anilines is 2. The molecule has 1 aliphatic heterocycles. The van der Waals surface area contributed by atoms with E-state index in [1.165, 1.54) is 12.1 Å². The molecule has 0 saturated heterocycles. The Morgan fingerprint density at radius 3 is 2.39 bits per heavy atom. The number of hydrogen-bond acceptors (Lipinski definition) is 1. The number of rotatable bonds is 1. The van der Waals surface area contributed by atoms with Crippen molar-refractivity contribution in [1.29, 1.82) is 0 Å². The van der Waals surface area contributed by atoms with Crippen LogP contribution in [0.2, 0.25) is 0 Å². The highest BCUT2D eigenvalue weighted by Crippen LogP contribution is 2.34. The largest absolute Gasteiger partial charge is 0.280 e. The number of nitrogens with zero attached hydrogens (tertiary/aromatic N) is 1. The third-order valence-corrected chi connectivity index (χ3v) is 2.91. The summed E-state index contributed by atoms with van der Waals surface area (Å²) in [4.78, 5) is 13.6. The molecule has 0 N–H and O–H groups in total. The predicted octanol–water partition coefficient (Wildman–Crippen LogP) is 3.47. The zero-order valence-electron chi connectivity index (χ0n) is 9.47. The quantitative estimate of drug-likeness (QED) is 0.771. The SMILES string of the molecule is Cl.O=C1Cc2ccccc2N1c1ccc(F)cc1. The van der Waals surface area contributed by atoms with E-state index in [9.17, 15) is 9.18 Å². The monoisotopic (exact) mass is 263 g/mol. The number of carbonyl (C=O) groups excluding carboxylic acids is 1. The van der Waals surface area contributed by atoms with Crippen molar-refractivity contribution in [2.45, 2.75) is 6.42 Å². The number of halogens is 2. The molecule has 1 aliphatic rings. The van der Waals surface area contributed by atoms with E-state index in [1.807, 2.05) is 24.3 Å². The van der Waals surface area contributed by atoms with Gasteiger partial charge in [0.2, 0.25) is 5.91 Å². The lowest BCUT2D eigenvalue weighted by Gasteiger charge is -2.17. The molecule has 1 amide bonds. The average Bonchev–Trinajstić information content (AvgIpc) is 2.66. The van der Waals surface area contributed by atoms with E-state index in [0.717, 1.165) is 11.3 Å². The van der Waals surface area contributed by atoms with Crippen LogP contribution in [0.5, 0.6) is 0 Å². The number of carbonyl (C=O) groups is 1. The normalized spacial score (nSPS) is 13.2. The van der Waals surface area contributed by atoms with Gasteiger partial charge in [-0.15, -0.1) is 12.4 Å². The third kappa shape index (κ3) is 1.97. The Labute approximate surface area is 110 Å². The predicted molar refractivity (Wildman–Crippen MR) is 70.9 cm³/mol. The summed E-state index contributed by atoms with van der Waals surface area (Å²) < 4.78 is 12.9. The molecule has 3 rings (SSSR count). The zero-order chi connectivity index (χ0) is 11.8. The number of hydrogen-bond donors (Lipinski definition) is 0. The zero-order valence-corrected chi connectivity index (χ0v) is 10.3. The minimum atomic E-state index is -0.298. The van der Waals surface area contributed by atoms with Crippen LogP contribution in [0.15, 0.2) is 48.5 Å². The maximum atomic E-state index is 12.9. The van der Waals surface area contributed by atoms with Crippen LogP contribution in [0.4, 0.5) is 15.8 Å². The fourth-order valence-corrected chi connectivity index (χ4v) is 2.13. The summed E-state index contributed by atoms with van der Waals surface area (Å²) in [6.45, 7) is 0. The van der Waals surface area contributed by atoms with Gasteiger partial charge in [-0.2, -0.15) is 0 Å². The summed E-state index contributed by atoms with van der Waals surface area (Å²) >= 11 is 0.